The average Bonchev–Trinajstić information content (AvgIpc) is 2.48. The first kappa shape index (κ1) is 13.8. The van der Waals surface area contributed by atoms with Gasteiger partial charge in [0, 0.05) is 11.3 Å². The summed E-state index contributed by atoms with van der Waals surface area (Å²) < 4.78 is 0. The minimum absolute atomic E-state index is 0.317. The van der Waals surface area contributed by atoms with Crippen LogP contribution in [0.3, 0.4) is 0 Å². The van der Waals surface area contributed by atoms with E-state index in [0.717, 1.165) is 5.56 Å². The summed E-state index contributed by atoms with van der Waals surface area (Å²) in [6.45, 7) is 0. The van der Waals surface area contributed by atoms with Gasteiger partial charge in [-0.1, -0.05) is 30.3 Å². The molecule has 1 unspecified atom stereocenters. The van der Waals surface area contributed by atoms with Gasteiger partial charge >= 0.3 is 0 Å². The molecule has 102 valence electrons. The second-order valence-corrected chi connectivity index (χ2v) is 4.32. The van der Waals surface area contributed by atoms with Gasteiger partial charge in [0.1, 0.15) is 6.04 Å². The molecule has 2 rings (SSSR count). The molecule has 2 aromatic rings. The molecule has 0 aliphatic rings. The number of hydrogen-bond donors (Lipinski definition) is 3. The summed E-state index contributed by atoms with van der Waals surface area (Å²) in [5.74, 6) is -0.827. The van der Waals surface area contributed by atoms with Crippen LogP contribution in [0.25, 0.3) is 0 Å². The second-order valence-electron chi connectivity index (χ2n) is 4.32. The molecule has 20 heavy (non-hydrogen) atoms. The van der Waals surface area contributed by atoms with Crippen LogP contribution in [0.2, 0.25) is 0 Å². The Kier molecular flexibility index (Phi) is 4.12. The Hall–Kier alpha value is -2.66. The number of primary amides is 1. The maximum atomic E-state index is 12.0. The number of carbonyl (C=O) groups is 2. The summed E-state index contributed by atoms with van der Waals surface area (Å²) in [5, 5.41) is 2.69. The number of nitrogens with one attached hydrogen (secondary N) is 1. The van der Waals surface area contributed by atoms with Crippen LogP contribution in [0, 0.1) is 0 Å². The van der Waals surface area contributed by atoms with Crippen molar-refractivity contribution in [3.05, 3.63) is 65.7 Å². The van der Waals surface area contributed by atoms with Gasteiger partial charge in [-0.3, -0.25) is 9.59 Å². The molecule has 5 heteroatoms. The van der Waals surface area contributed by atoms with Gasteiger partial charge < -0.3 is 16.8 Å². The largest absolute Gasteiger partial charge is 0.366 e. The summed E-state index contributed by atoms with van der Waals surface area (Å²) >= 11 is 0. The highest BCUT2D eigenvalue weighted by Crippen LogP contribution is 2.14. The quantitative estimate of drug-likeness (QED) is 0.782. The third-order valence-corrected chi connectivity index (χ3v) is 2.88. The van der Waals surface area contributed by atoms with Crippen LogP contribution in [-0.4, -0.2) is 11.8 Å². The molecule has 5 N–H and O–H groups in total. The molecule has 0 radical (unpaired) electrons. The molecule has 0 saturated heterocycles. The van der Waals surface area contributed by atoms with Crippen molar-refractivity contribution < 1.29 is 9.59 Å². The van der Waals surface area contributed by atoms with Crippen LogP contribution in [0.15, 0.2) is 54.6 Å². The van der Waals surface area contributed by atoms with Gasteiger partial charge in [0.05, 0.1) is 0 Å². The molecule has 0 bridgehead atoms. The van der Waals surface area contributed by atoms with Gasteiger partial charge in [-0.15, -0.1) is 0 Å². The van der Waals surface area contributed by atoms with E-state index in [0.29, 0.717) is 11.3 Å². The van der Waals surface area contributed by atoms with Crippen molar-refractivity contribution in [1.82, 2.24) is 0 Å². The molecule has 0 aliphatic carbocycles. The first-order valence-corrected chi connectivity index (χ1v) is 6.09. The van der Waals surface area contributed by atoms with Crippen molar-refractivity contribution in [2.75, 3.05) is 5.32 Å². The minimum atomic E-state index is -0.744. The lowest BCUT2D eigenvalue weighted by Gasteiger charge is -2.12. The van der Waals surface area contributed by atoms with E-state index in [1.165, 1.54) is 0 Å². The fourth-order valence-electron chi connectivity index (χ4n) is 1.75. The second kappa shape index (κ2) is 5.99. The Morgan fingerprint density at radius 3 is 2.10 bits per heavy atom. The highest BCUT2D eigenvalue weighted by atomic mass is 16.2. The molecule has 0 fully saturated rings. The van der Waals surface area contributed by atoms with E-state index in [-0.39, 0.29) is 5.91 Å². The summed E-state index contributed by atoms with van der Waals surface area (Å²) in [6.07, 6.45) is 0. The van der Waals surface area contributed by atoms with Gasteiger partial charge in [-0.25, -0.2) is 0 Å². The Bertz CT molecular complexity index is 609. The summed E-state index contributed by atoms with van der Waals surface area (Å²) in [5.41, 5.74) is 12.7. The standard InChI is InChI=1S/C15H15N3O2/c16-13(10-4-2-1-3-5-10)15(20)18-12-8-6-11(7-9-12)14(17)19/h1-9,13H,16H2,(H2,17,19)(H,18,20). The Labute approximate surface area is 116 Å². The minimum Gasteiger partial charge on any atom is -0.366 e. The van der Waals surface area contributed by atoms with E-state index in [2.05, 4.69) is 5.32 Å². The zero-order valence-electron chi connectivity index (χ0n) is 10.7. The third-order valence-electron chi connectivity index (χ3n) is 2.88. The van der Waals surface area contributed by atoms with E-state index in [1.54, 1.807) is 36.4 Å². The first-order chi connectivity index (χ1) is 9.58. The summed E-state index contributed by atoms with van der Waals surface area (Å²) in [4.78, 5) is 22.9. The number of carbonyl (C=O) groups excluding carboxylic acids is 2. The predicted octanol–water partition coefficient (Wildman–Crippen LogP) is 1.42. The highest BCUT2D eigenvalue weighted by Gasteiger charge is 2.15. The van der Waals surface area contributed by atoms with Crippen molar-refractivity contribution in [2.45, 2.75) is 6.04 Å². The zero-order chi connectivity index (χ0) is 14.5. The SMILES string of the molecule is NC(=O)c1ccc(NC(=O)C(N)c2ccccc2)cc1. The maximum absolute atomic E-state index is 12.0. The van der Waals surface area contributed by atoms with E-state index < -0.39 is 11.9 Å². The van der Waals surface area contributed by atoms with E-state index in [1.807, 2.05) is 18.2 Å². The monoisotopic (exact) mass is 269 g/mol. The van der Waals surface area contributed by atoms with Crippen molar-refractivity contribution in [2.24, 2.45) is 11.5 Å². The van der Waals surface area contributed by atoms with Crippen molar-refractivity contribution in [1.29, 1.82) is 0 Å². The fraction of sp³-hybridized carbons (Fsp3) is 0.0667. The molecule has 2 aromatic carbocycles. The molecule has 0 aromatic heterocycles. The third kappa shape index (κ3) is 3.21. The van der Waals surface area contributed by atoms with E-state index in [9.17, 15) is 9.59 Å². The normalized spacial score (nSPS) is 11.7. The molecule has 1 atom stereocenters. The van der Waals surface area contributed by atoms with Crippen LogP contribution in [0.4, 0.5) is 5.69 Å². The van der Waals surface area contributed by atoms with Crippen LogP contribution in [0.1, 0.15) is 22.0 Å². The van der Waals surface area contributed by atoms with E-state index >= 15 is 0 Å². The van der Waals surface area contributed by atoms with Crippen molar-refractivity contribution >= 4 is 17.5 Å². The number of amides is 2. The van der Waals surface area contributed by atoms with Crippen LogP contribution in [0.5, 0.6) is 0 Å². The van der Waals surface area contributed by atoms with Gasteiger partial charge in [0.2, 0.25) is 11.8 Å². The van der Waals surface area contributed by atoms with Crippen molar-refractivity contribution in [3.8, 4) is 0 Å². The number of rotatable bonds is 4. The number of anilines is 1. The van der Waals surface area contributed by atoms with E-state index in [4.69, 9.17) is 11.5 Å². The molecule has 5 nitrogen and oxygen atoms in total. The van der Waals surface area contributed by atoms with Gasteiger partial charge in [-0.05, 0) is 29.8 Å². The molecular formula is C15H15N3O2. The lowest BCUT2D eigenvalue weighted by Crippen LogP contribution is -2.27. The van der Waals surface area contributed by atoms with Gasteiger partial charge in [0.25, 0.3) is 0 Å². The molecule has 0 heterocycles. The number of hydrogen-bond acceptors (Lipinski definition) is 3. The molecule has 0 aliphatic heterocycles. The van der Waals surface area contributed by atoms with Crippen LogP contribution in [-0.2, 0) is 4.79 Å². The lowest BCUT2D eigenvalue weighted by atomic mass is 10.1. The smallest absolute Gasteiger partial charge is 0.248 e. The zero-order valence-corrected chi connectivity index (χ0v) is 10.7. The fourth-order valence-corrected chi connectivity index (χ4v) is 1.75. The maximum Gasteiger partial charge on any atom is 0.248 e. The highest BCUT2D eigenvalue weighted by molar-refractivity contribution is 5.96. The molecular weight excluding hydrogens is 254 g/mol. The van der Waals surface area contributed by atoms with Crippen LogP contribution >= 0.6 is 0 Å². The Morgan fingerprint density at radius 2 is 1.55 bits per heavy atom. The molecule has 2 amide bonds. The average molecular weight is 269 g/mol. The summed E-state index contributed by atoms with van der Waals surface area (Å²) in [7, 11) is 0. The van der Waals surface area contributed by atoms with Gasteiger partial charge in [0.15, 0.2) is 0 Å². The predicted molar refractivity (Wildman–Crippen MR) is 77.0 cm³/mol. The first-order valence-electron chi connectivity index (χ1n) is 6.09. The van der Waals surface area contributed by atoms with Crippen molar-refractivity contribution in [3.63, 3.8) is 0 Å². The Balaban J connectivity index is 2.06. The topological polar surface area (TPSA) is 98.2 Å². The molecule has 0 spiro atoms. The Morgan fingerprint density at radius 1 is 0.950 bits per heavy atom. The number of nitrogens with two attached hydrogens (primary N) is 2. The van der Waals surface area contributed by atoms with Gasteiger partial charge in [-0.2, -0.15) is 0 Å². The summed E-state index contributed by atoms with van der Waals surface area (Å²) in [6, 6.07) is 14.7. The van der Waals surface area contributed by atoms with Crippen LogP contribution < -0.4 is 16.8 Å². The molecule has 0 saturated carbocycles. The lowest BCUT2D eigenvalue weighted by molar-refractivity contribution is -0.117. The number of benzene rings is 2.